The van der Waals surface area contributed by atoms with E-state index in [1.807, 2.05) is 12.1 Å². The van der Waals surface area contributed by atoms with Gasteiger partial charge in [0.15, 0.2) is 0 Å². The van der Waals surface area contributed by atoms with Crippen molar-refractivity contribution in [3.05, 3.63) is 22.7 Å². The van der Waals surface area contributed by atoms with Gasteiger partial charge in [0.2, 0.25) is 0 Å². The third-order valence-electron chi connectivity index (χ3n) is 3.27. The third-order valence-corrected chi connectivity index (χ3v) is 4.64. The minimum atomic E-state index is 0.636. The number of hydrogen-bond donors (Lipinski definition) is 2. The van der Waals surface area contributed by atoms with E-state index in [2.05, 4.69) is 24.0 Å². The maximum atomic E-state index is 6.04. The van der Waals surface area contributed by atoms with E-state index in [4.69, 9.17) is 17.3 Å². The lowest BCUT2D eigenvalue weighted by molar-refractivity contribution is 0.516. The molecule has 1 aliphatic heterocycles. The maximum absolute atomic E-state index is 6.04. The number of aryl methyl sites for hydroxylation is 1. The zero-order chi connectivity index (χ0) is 12.3. The lowest BCUT2D eigenvalue weighted by Gasteiger charge is -2.22. The molecule has 2 nitrogen and oxygen atoms in total. The fourth-order valence-corrected chi connectivity index (χ4v) is 3.47. The molecule has 0 aromatic heterocycles. The molecule has 1 aromatic carbocycles. The van der Waals surface area contributed by atoms with Gasteiger partial charge in [-0.25, -0.2) is 0 Å². The molecule has 0 unspecified atom stereocenters. The van der Waals surface area contributed by atoms with Crippen molar-refractivity contribution in [2.45, 2.75) is 19.8 Å². The van der Waals surface area contributed by atoms with Crippen molar-refractivity contribution >= 4 is 34.7 Å². The average molecular weight is 271 g/mol. The normalized spacial score (nSPS) is 17.1. The molecular formula is C13H19ClN2S. The average Bonchev–Trinajstić information content (AvgIpc) is 2.33. The molecule has 1 heterocycles. The Morgan fingerprint density at radius 2 is 2.12 bits per heavy atom. The van der Waals surface area contributed by atoms with Crippen LogP contribution in [0.5, 0.6) is 0 Å². The number of benzene rings is 1. The molecule has 0 spiro atoms. The fraction of sp³-hybridized carbons (Fsp3) is 0.538. The number of rotatable bonds is 3. The second-order valence-corrected chi connectivity index (χ2v) is 6.26. The second-order valence-electron chi connectivity index (χ2n) is 4.63. The highest BCUT2D eigenvalue weighted by Gasteiger charge is 2.13. The van der Waals surface area contributed by atoms with Crippen LogP contribution in [0.2, 0.25) is 5.02 Å². The van der Waals surface area contributed by atoms with E-state index in [-0.39, 0.29) is 0 Å². The smallest absolute Gasteiger partial charge is 0.0656 e. The van der Waals surface area contributed by atoms with E-state index in [1.54, 1.807) is 0 Å². The Bertz CT molecular complexity index is 389. The highest BCUT2D eigenvalue weighted by atomic mass is 35.5. The van der Waals surface area contributed by atoms with E-state index in [0.717, 1.165) is 23.7 Å². The molecule has 1 aliphatic rings. The summed E-state index contributed by atoms with van der Waals surface area (Å²) in [6, 6.07) is 3.87. The molecule has 0 saturated carbocycles. The number of anilines is 2. The molecule has 0 aliphatic carbocycles. The van der Waals surface area contributed by atoms with Crippen molar-refractivity contribution in [2.75, 3.05) is 29.1 Å². The first-order valence-electron chi connectivity index (χ1n) is 6.04. The number of nitrogens with two attached hydrogens (primary N) is 1. The largest absolute Gasteiger partial charge is 0.398 e. The maximum Gasteiger partial charge on any atom is 0.0656 e. The van der Waals surface area contributed by atoms with Gasteiger partial charge < -0.3 is 11.1 Å². The number of nitrogen functional groups attached to an aromatic ring is 1. The Kier molecular flexibility index (Phi) is 4.46. The summed E-state index contributed by atoms with van der Waals surface area (Å²) in [5, 5.41) is 4.14. The summed E-state index contributed by atoms with van der Waals surface area (Å²) < 4.78 is 0. The van der Waals surface area contributed by atoms with E-state index in [9.17, 15) is 0 Å². The highest BCUT2D eigenvalue weighted by Crippen LogP contribution is 2.28. The monoisotopic (exact) mass is 270 g/mol. The van der Waals surface area contributed by atoms with Gasteiger partial charge in [0.1, 0.15) is 0 Å². The van der Waals surface area contributed by atoms with Crippen LogP contribution in [0.3, 0.4) is 0 Å². The molecular weight excluding hydrogens is 252 g/mol. The van der Waals surface area contributed by atoms with E-state index in [0.29, 0.717) is 10.7 Å². The number of halogens is 1. The number of hydrogen-bond acceptors (Lipinski definition) is 3. The van der Waals surface area contributed by atoms with Crippen molar-refractivity contribution in [2.24, 2.45) is 5.92 Å². The topological polar surface area (TPSA) is 38.0 Å². The summed E-state index contributed by atoms with van der Waals surface area (Å²) in [5.41, 5.74) is 8.70. The lowest BCUT2D eigenvalue weighted by Crippen LogP contribution is -2.19. The van der Waals surface area contributed by atoms with Crippen LogP contribution in [-0.4, -0.2) is 18.1 Å². The first kappa shape index (κ1) is 12.9. The first-order valence-corrected chi connectivity index (χ1v) is 7.57. The van der Waals surface area contributed by atoms with E-state index in [1.165, 1.54) is 24.3 Å². The molecule has 2 rings (SSSR count). The van der Waals surface area contributed by atoms with Crippen molar-refractivity contribution in [1.29, 1.82) is 0 Å². The van der Waals surface area contributed by atoms with Crippen molar-refractivity contribution in [1.82, 2.24) is 0 Å². The summed E-state index contributed by atoms with van der Waals surface area (Å²) in [6.07, 6.45) is 2.64. The first-order chi connectivity index (χ1) is 8.16. The quantitative estimate of drug-likeness (QED) is 0.821. The molecule has 17 heavy (non-hydrogen) atoms. The Morgan fingerprint density at radius 3 is 2.82 bits per heavy atom. The third kappa shape index (κ3) is 3.46. The van der Waals surface area contributed by atoms with Crippen LogP contribution in [0.25, 0.3) is 0 Å². The van der Waals surface area contributed by atoms with Gasteiger partial charge in [-0.1, -0.05) is 11.6 Å². The molecule has 0 atom stereocenters. The molecule has 1 aromatic rings. The van der Waals surface area contributed by atoms with Crippen LogP contribution in [-0.2, 0) is 0 Å². The number of nitrogens with one attached hydrogen (secondary N) is 1. The van der Waals surface area contributed by atoms with Crippen LogP contribution in [0, 0.1) is 12.8 Å². The van der Waals surface area contributed by atoms with Gasteiger partial charge in [0.05, 0.1) is 10.7 Å². The van der Waals surface area contributed by atoms with Crippen molar-refractivity contribution in [3.63, 3.8) is 0 Å². The van der Waals surface area contributed by atoms with Crippen LogP contribution < -0.4 is 11.1 Å². The molecule has 0 bridgehead atoms. The summed E-state index contributed by atoms with van der Waals surface area (Å²) in [7, 11) is 0. The minimum Gasteiger partial charge on any atom is -0.398 e. The van der Waals surface area contributed by atoms with Crippen LogP contribution in [0.4, 0.5) is 11.4 Å². The van der Waals surface area contributed by atoms with Crippen molar-refractivity contribution < 1.29 is 0 Å². The summed E-state index contributed by atoms with van der Waals surface area (Å²) in [6.45, 7) is 3.10. The zero-order valence-corrected chi connectivity index (χ0v) is 11.7. The molecule has 94 valence electrons. The Morgan fingerprint density at radius 1 is 1.41 bits per heavy atom. The van der Waals surface area contributed by atoms with Gasteiger partial charge in [0, 0.05) is 12.2 Å². The number of thioether (sulfide) groups is 1. The Balaban J connectivity index is 1.96. The summed E-state index contributed by atoms with van der Waals surface area (Å²) in [4.78, 5) is 0. The predicted molar refractivity (Wildman–Crippen MR) is 79.1 cm³/mol. The molecule has 0 radical (unpaired) electrons. The SMILES string of the molecule is Cc1cc(N)c(Cl)cc1NCC1CCSCC1. The van der Waals surface area contributed by atoms with Gasteiger partial charge in [-0.2, -0.15) is 11.8 Å². The second kappa shape index (κ2) is 5.87. The lowest BCUT2D eigenvalue weighted by atomic mass is 10.0. The van der Waals surface area contributed by atoms with Gasteiger partial charge in [-0.15, -0.1) is 0 Å². The highest BCUT2D eigenvalue weighted by molar-refractivity contribution is 7.99. The molecule has 1 saturated heterocycles. The van der Waals surface area contributed by atoms with Gasteiger partial charge in [-0.05, 0) is 54.9 Å². The van der Waals surface area contributed by atoms with E-state index >= 15 is 0 Å². The Hall–Kier alpha value is -0.540. The predicted octanol–water partition coefficient (Wildman–Crippen LogP) is 3.79. The van der Waals surface area contributed by atoms with E-state index < -0.39 is 0 Å². The fourth-order valence-electron chi connectivity index (χ4n) is 2.10. The van der Waals surface area contributed by atoms with Gasteiger partial charge >= 0.3 is 0 Å². The summed E-state index contributed by atoms with van der Waals surface area (Å²) in [5.74, 6) is 3.40. The zero-order valence-electron chi connectivity index (χ0n) is 10.1. The van der Waals surface area contributed by atoms with Gasteiger partial charge in [0.25, 0.3) is 0 Å². The summed E-state index contributed by atoms with van der Waals surface area (Å²) >= 11 is 8.10. The van der Waals surface area contributed by atoms with Gasteiger partial charge in [-0.3, -0.25) is 0 Å². The van der Waals surface area contributed by atoms with Crippen LogP contribution in [0.15, 0.2) is 12.1 Å². The Labute approximate surface area is 112 Å². The molecule has 0 amide bonds. The standard InChI is InChI=1S/C13H19ClN2S/c1-9-6-12(15)11(14)7-13(9)16-8-10-2-4-17-5-3-10/h6-7,10,16H,2-5,8,15H2,1H3. The van der Waals surface area contributed by atoms with Crippen molar-refractivity contribution in [3.8, 4) is 0 Å². The molecule has 1 fully saturated rings. The molecule has 3 N–H and O–H groups in total. The molecule has 4 heteroatoms. The van der Waals surface area contributed by atoms with Crippen LogP contribution >= 0.6 is 23.4 Å². The minimum absolute atomic E-state index is 0.636. The van der Waals surface area contributed by atoms with Crippen LogP contribution in [0.1, 0.15) is 18.4 Å².